The Labute approximate surface area is 108 Å². The van der Waals surface area contributed by atoms with Crippen LogP contribution in [0.1, 0.15) is 11.1 Å². The molecule has 2 aromatic rings. The topological polar surface area (TPSA) is 93.6 Å². The maximum Gasteiger partial charge on any atom is 0.250 e. The quantitative estimate of drug-likeness (QED) is 0.381. The van der Waals surface area contributed by atoms with Crippen LogP contribution in [0.2, 0.25) is 0 Å². The van der Waals surface area contributed by atoms with Gasteiger partial charge in [0.1, 0.15) is 11.6 Å². The second-order valence-electron chi connectivity index (χ2n) is 3.75. The summed E-state index contributed by atoms with van der Waals surface area (Å²) in [6.07, 6.45) is 1.37. The van der Waals surface area contributed by atoms with Crippen molar-refractivity contribution in [2.24, 2.45) is 10.9 Å². The van der Waals surface area contributed by atoms with Gasteiger partial charge in [-0.3, -0.25) is 0 Å². The van der Waals surface area contributed by atoms with E-state index in [1.807, 2.05) is 0 Å². The number of aryl methyl sites for hydroxylation is 1. The number of rotatable bonds is 3. The summed E-state index contributed by atoms with van der Waals surface area (Å²) in [5, 5.41) is 18.9. The van der Waals surface area contributed by atoms with E-state index in [2.05, 4.69) is 15.4 Å². The van der Waals surface area contributed by atoms with Crippen molar-refractivity contribution in [2.45, 2.75) is 6.92 Å². The van der Waals surface area contributed by atoms with E-state index < -0.39 is 5.82 Å². The molecule has 6 nitrogen and oxygen atoms in total. The molecule has 0 bridgehead atoms. The Bertz CT molecular complexity index is 631. The molecular weight excluding hydrogens is 251 g/mol. The number of oxime groups is 1. The first-order chi connectivity index (χ1) is 9.11. The Morgan fingerprint density at radius 1 is 1.42 bits per heavy atom. The van der Waals surface area contributed by atoms with Crippen molar-refractivity contribution in [1.82, 2.24) is 10.2 Å². The van der Waals surface area contributed by atoms with Gasteiger partial charge >= 0.3 is 0 Å². The van der Waals surface area contributed by atoms with Gasteiger partial charge in [0.25, 0.3) is 0 Å². The molecule has 0 saturated carbocycles. The van der Waals surface area contributed by atoms with Crippen LogP contribution in [0.25, 0.3) is 0 Å². The van der Waals surface area contributed by atoms with Crippen molar-refractivity contribution in [2.75, 3.05) is 0 Å². The molecule has 0 radical (unpaired) electrons. The zero-order valence-electron chi connectivity index (χ0n) is 10.0. The van der Waals surface area contributed by atoms with Gasteiger partial charge in [-0.15, -0.1) is 5.10 Å². The molecule has 1 heterocycles. The lowest BCUT2D eigenvalue weighted by Crippen LogP contribution is -2.15. The molecule has 1 aromatic carbocycles. The lowest BCUT2D eigenvalue weighted by atomic mass is 10.2. The zero-order valence-corrected chi connectivity index (χ0v) is 10.0. The first-order valence-electron chi connectivity index (χ1n) is 5.35. The van der Waals surface area contributed by atoms with Crippen molar-refractivity contribution in [3.05, 3.63) is 47.4 Å². The average Bonchev–Trinajstić information content (AvgIpc) is 2.43. The highest BCUT2D eigenvalue weighted by Gasteiger charge is 2.11. The van der Waals surface area contributed by atoms with Crippen LogP contribution in [0.15, 0.2) is 35.6 Å². The van der Waals surface area contributed by atoms with Crippen molar-refractivity contribution in [1.29, 1.82) is 0 Å². The van der Waals surface area contributed by atoms with E-state index in [0.717, 1.165) is 0 Å². The number of nitrogens with two attached hydrogens (primary N) is 1. The fourth-order valence-corrected chi connectivity index (χ4v) is 1.39. The molecule has 0 aliphatic carbocycles. The molecule has 1 aromatic heterocycles. The summed E-state index contributed by atoms with van der Waals surface area (Å²) in [6, 6.07) is 5.86. The van der Waals surface area contributed by atoms with Crippen molar-refractivity contribution >= 4 is 5.84 Å². The minimum atomic E-state index is -0.397. The molecule has 0 spiro atoms. The monoisotopic (exact) mass is 262 g/mol. The van der Waals surface area contributed by atoms with E-state index >= 15 is 0 Å². The molecular formula is C12H11FN4O2. The van der Waals surface area contributed by atoms with Crippen LogP contribution >= 0.6 is 0 Å². The van der Waals surface area contributed by atoms with E-state index in [0.29, 0.717) is 5.56 Å². The molecule has 98 valence electrons. The molecule has 0 atom stereocenters. The van der Waals surface area contributed by atoms with E-state index in [9.17, 15) is 4.39 Å². The molecule has 0 aliphatic heterocycles. The van der Waals surface area contributed by atoms with E-state index in [4.69, 9.17) is 15.7 Å². The van der Waals surface area contributed by atoms with Gasteiger partial charge in [-0.05, 0) is 24.6 Å². The number of hydrogen-bond donors (Lipinski definition) is 2. The van der Waals surface area contributed by atoms with Crippen LogP contribution < -0.4 is 10.5 Å². The molecule has 7 heteroatoms. The third kappa shape index (κ3) is 2.76. The highest BCUT2D eigenvalue weighted by molar-refractivity contribution is 5.98. The van der Waals surface area contributed by atoms with Gasteiger partial charge in [0, 0.05) is 6.07 Å². The Balaban J connectivity index is 2.35. The number of ether oxygens (including phenoxy) is 1. The zero-order chi connectivity index (χ0) is 13.8. The molecule has 3 N–H and O–H groups in total. The predicted octanol–water partition coefficient (Wildman–Crippen LogP) is 1.81. The van der Waals surface area contributed by atoms with Crippen LogP contribution in [0.3, 0.4) is 0 Å². The van der Waals surface area contributed by atoms with Crippen LogP contribution in [-0.4, -0.2) is 21.2 Å². The Morgan fingerprint density at radius 3 is 2.89 bits per heavy atom. The predicted molar refractivity (Wildman–Crippen MR) is 65.8 cm³/mol. The molecule has 0 saturated heterocycles. The van der Waals surface area contributed by atoms with Gasteiger partial charge in [0.2, 0.25) is 5.88 Å². The van der Waals surface area contributed by atoms with E-state index in [1.54, 1.807) is 19.1 Å². The van der Waals surface area contributed by atoms with Crippen molar-refractivity contribution in [3.8, 4) is 11.6 Å². The number of hydrogen-bond acceptors (Lipinski definition) is 5. The summed E-state index contributed by atoms with van der Waals surface area (Å²) < 4.78 is 18.8. The van der Waals surface area contributed by atoms with Gasteiger partial charge in [0.05, 0.1) is 11.8 Å². The number of nitrogens with zero attached hydrogens (tertiary/aromatic N) is 3. The first kappa shape index (κ1) is 12.7. The van der Waals surface area contributed by atoms with E-state index in [-0.39, 0.29) is 23.0 Å². The lowest BCUT2D eigenvalue weighted by molar-refractivity contribution is 0.318. The molecule has 0 unspecified atom stereocenters. The minimum absolute atomic E-state index is 0.0288. The standard InChI is InChI=1S/C12H11FN4O2/c1-7-2-3-8(6-10(7)13)19-12-9(11(14)17-18)4-5-15-16-12/h2-6,18H,1H3,(H2,14,17). The van der Waals surface area contributed by atoms with E-state index in [1.165, 1.54) is 18.3 Å². The van der Waals surface area contributed by atoms with Gasteiger partial charge in [-0.2, -0.15) is 5.10 Å². The third-order valence-electron chi connectivity index (χ3n) is 2.43. The maximum atomic E-state index is 13.4. The Kier molecular flexibility index (Phi) is 3.56. The van der Waals surface area contributed by atoms with Gasteiger partial charge in [-0.25, -0.2) is 4.39 Å². The van der Waals surface area contributed by atoms with Gasteiger partial charge in [0.15, 0.2) is 5.84 Å². The highest BCUT2D eigenvalue weighted by atomic mass is 19.1. The Hall–Kier alpha value is -2.70. The summed E-state index contributed by atoms with van der Waals surface area (Å²) in [5.74, 6) is -0.291. The van der Waals surface area contributed by atoms with Crippen LogP contribution in [-0.2, 0) is 0 Å². The van der Waals surface area contributed by atoms with Crippen LogP contribution in [0.4, 0.5) is 4.39 Å². The average molecular weight is 262 g/mol. The van der Waals surface area contributed by atoms with Gasteiger partial charge in [-0.1, -0.05) is 11.2 Å². The first-order valence-corrected chi connectivity index (χ1v) is 5.35. The molecule has 0 amide bonds. The van der Waals surface area contributed by atoms with Crippen LogP contribution in [0.5, 0.6) is 11.6 Å². The van der Waals surface area contributed by atoms with Gasteiger partial charge < -0.3 is 15.7 Å². The SMILES string of the molecule is Cc1ccc(Oc2nnccc2/C(N)=N/O)cc1F. The largest absolute Gasteiger partial charge is 0.437 e. The number of halogens is 1. The fourth-order valence-electron chi connectivity index (χ4n) is 1.39. The highest BCUT2D eigenvalue weighted by Crippen LogP contribution is 2.23. The molecule has 2 rings (SSSR count). The summed E-state index contributed by atoms with van der Waals surface area (Å²) in [7, 11) is 0. The maximum absolute atomic E-state index is 13.4. The second-order valence-corrected chi connectivity index (χ2v) is 3.75. The lowest BCUT2D eigenvalue weighted by Gasteiger charge is -2.08. The number of benzene rings is 1. The second kappa shape index (κ2) is 5.30. The van der Waals surface area contributed by atoms with Crippen molar-refractivity contribution < 1.29 is 14.3 Å². The summed E-state index contributed by atoms with van der Waals surface area (Å²) in [4.78, 5) is 0. The third-order valence-corrected chi connectivity index (χ3v) is 2.43. The normalized spacial score (nSPS) is 11.4. The Morgan fingerprint density at radius 2 is 2.21 bits per heavy atom. The smallest absolute Gasteiger partial charge is 0.250 e. The number of amidine groups is 1. The molecule has 19 heavy (non-hydrogen) atoms. The molecule has 0 fully saturated rings. The summed E-state index contributed by atoms with van der Waals surface area (Å²) >= 11 is 0. The minimum Gasteiger partial charge on any atom is -0.437 e. The fraction of sp³-hybridized carbons (Fsp3) is 0.0833. The molecule has 0 aliphatic rings. The number of aromatic nitrogens is 2. The summed E-state index contributed by atoms with van der Waals surface area (Å²) in [5.41, 5.74) is 6.25. The summed E-state index contributed by atoms with van der Waals surface area (Å²) in [6.45, 7) is 1.64. The van der Waals surface area contributed by atoms with Crippen LogP contribution in [0, 0.1) is 12.7 Å². The van der Waals surface area contributed by atoms with Crippen molar-refractivity contribution in [3.63, 3.8) is 0 Å².